The van der Waals surface area contributed by atoms with Crippen LogP contribution in [0.1, 0.15) is 11.1 Å². The Bertz CT molecular complexity index is 1040. The standard InChI is InChI=1S/C22H22ClNO6/c1-26-13-30-19-9-15-18(27-2)10-17(23)22(28-3)20(15)21(16(19)11-24-25)29-12-14-7-5-4-6-8-14/h4-11,25H,12-13H2,1-3H3/b24-11+. The van der Waals surface area contributed by atoms with Crippen LogP contribution in [0, 0.1) is 0 Å². The van der Waals surface area contributed by atoms with Gasteiger partial charge in [-0.25, -0.2) is 0 Å². The van der Waals surface area contributed by atoms with Crippen molar-refractivity contribution in [1.29, 1.82) is 0 Å². The monoisotopic (exact) mass is 431 g/mol. The van der Waals surface area contributed by atoms with E-state index in [1.807, 2.05) is 30.3 Å². The summed E-state index contributed by atoms with van der Waals surface area (Å²) >= 11 is 6.43. The first-order valence-electron chi connectivity index (χ1n) is 9.01. The van der Waals surface area contributed by atoms with E-state index < -0.39 is 0 Å². The number of fused-ring (bicyclic) bond motifs is 1. The van der Waals surface area contributed by atoms with E-state index in [9.17, 15) is 5.21 Å². The first-order valence-corrected chi connectivity index (χ1v) is 9.39. The van der Waals surface area contributed by atoms with E-state index >= 15 is 0 Å². The van der Waals surface area contributed by atoms with Gasteiger partial charge in [0.1, 0.15) is 29.6 Å². The Labute approximate surface area is 179 Å². The summed E-state index contributed by atoms with van der Waals surface area (Å²) in [5, 5.41) is 14.0. The molecule has 1 N–H and O–H groups in total. The minimum absolute atomic E-state index is 0.0110. The molecule has 30 heavy (non-hydrogen) atoms. The zero-order chi connectivity index (χ0) is 21.5. The second-order valence-corrected chi connectivity index (χ2v) is 6.61. The molecule has 0 aromatic heterocycles. The smallest absolute Gasteiger partial charge is 0.188 e. The molecule has 0 heterocycles. The van der Waals surface area contributed by atoms with Crippen molar-refractivity contribution in [2.75, 3.05) is 28.1 Å². The highest BCUT2D eigenvalue weighted by atomic mass is 35.5. The highest BCUT2D eigenvalue weighted by molar-refractivity contribution is 6.34. The Morgan fingerprint density at radius 2 is 1.73 bits per heavy atom. The van der Waals surface area contributed by atoms with Crippen LogP contribution in [0.3, 0.4) is 0 Å². The summed E-state index contributed by atoms with van der Waals surface area (Å²) in [6.07, 6.45) is 1.23. The van der Waals surface area contributed by atoms with Gasteiger partial charge in [-0.1, -0.05) is 47.1 Å². The number of methoxy groups -OCH3 is 3. The molecule has 0 saturated carbocycles. The van der Waals surface area contributed by atoms with Crippen LogP contribution >= 0.6 is 11.6 Å². The molecule has 0 atom stereocenters. The fraction of sp³-hybridized carbons (Fsp3) is 0.227. The third-order valence-corrected chi connectivity index (χ3v) is 4.70. The fourth-order valence-electron chi connectivity index (χ4n) is 3.12. The van der Waals surface area contributed by atoms with Crippen LogP contribution in [-0.4, -0.2) is 39.5 Å². The molecule has 0 aliphatic carbocycles. The third kappa shape index (κ3) is 4.37. The van der Waals surface area contributed by atoms with Crippen molar-refractivity contribution in [1.82, 2.24) is 0 Å². The number of rotatable bonds is 9. The fourth-order valence-corrected chi connectivity index (χ4v) is 3.39. The van der Waals surface area contributed by atoms with E-state index in [1.54, 1.807) is 19.2 Å². The van der Waals surface area contributed by atoms with Crippen molar-refractivity contribution < 1.29 is 28.9 Å². The molecule has 0 aliphatic heterocycles. The lowest BCUT2D eigenvalue weighted by Gasteiger charge is -2.20. The lowest BCUT2D eigenvalue weighted by Crippen LogP contribution is -2.06. The summed E-state index contributed by atoms with van der Waals surface area (Å²) in [6.45, 7) is 0.247. The van der Waals surface area contributed by atoms with Crippen molar-refractivity contribution in [2.45, 2.75) is 6.61 Å². The second kappa shape index (κ2) is 10.0. The average molecular weight is 432 g/mol. The number of oxime groups is 1. The first kappa shape index (κ1) is 21.5. The molecule has 7 nitrogen and oxygen atoms in total. The molecule has 0 radical (unpaired) electrons. The average Bonchev–Trinajstić information content (AvgIpc) is 2.77. The van der Waals surface area contributed by atoms with Gasteiger partial charge in [0.2, 0.25) is 0 Å². The number of nitrogens with zero attached hydrogens (tertiary/aromatic N) is 1. The zero-order valence-electron chi connectivity index (χ0n) is 16.8. The normalized spacial score (nSPS) is 11.1. The Morgan fingerprint density at radius 3 is 2.37 bits per heavy atom. The van der Waals surface area contributed by atoms with Gasteiger partial charge >= 0.3 is 0 Å². The van der Waals surface area contributed by atoms with Crippen LogP contribution in [0.15, 0.2) is 47.6 Å². The van der Waals surface area contributed by atoms with Crippen molar-refractivity contribution >= 4 is 28.6 Å². The number of hydrogen-bond acceptors (Lipinski definition) is 7. The van der Waals surface area contributed by atoms with Gasteiger partial charge in [-0.3, -0.25) is 0 Å². The number of benzene rings is 3. The Hall–Kier alpha value is -3.16. The van der Waals surface area contributed by atoms with E-state index in [4.69, 9.17) is 35.3 Å². The molecule has 158 valence electrons. The minimum Gasteiger partial charge on any atom is -0.496 e. The molecule has 0 spiro atoms. The third-order valence-electron chi connectivity index (χ3n) is 4.42. The zero-order valence-corrected chi connectivity index (χ0v) is 17.6. The molecule has 0 aliphatic rings. The second-order valence-electron chi connectivity index (χ2n) is 6.20. The van der Waals surface area contributed by atoms with E-state index in [1.165, 1.54) is 20.4 Å². The summed E-state index contributed by atoms with van der Waals surface area (Å²) < 4.78 is 28.0. The van der Waals surface area contributed by atoms with Crippen molar-refractivity contribution in [2.24, 2.45) is 5.16 Å². The molecule has 0 amide bonds. The van der Waals surface area contributed by atoms with Crippen LogP contribution in [0.5, 0.6) is 23.0 Å². The van der Waals surface area contributed by atoms with Gasteiger partial charge in [0.15, 0.2) is 6.79 Å². The van der Waals surface area contributed by atoms with Gasteiger partial charge in [-0.15, -0.1) is 0 Å². The maximum absolute atomic E-state index is 9.28. The van der Waals surface area contributed by atoms with Gasteiger partial charge < -0.3 is 28.9 Å². The van der Waals surface area contributed by atoms with Crippen molar-refractivity contribution in [3.63, 3.8) is 0 Å². The van der Waals surface area contributed by atoms with Crippen LogP contribution in [0.25, 0.3) is 10.8 Å². The maximum Gasteiger partial charge on any atom is 0.188 e. The van der Waals surface area contributed by atoms with Crippen molar-refractivity contribution in [3.05, 3.63) is 58.6 Å². The maximum atomic E-state index is 9.28. The first-order chi connectivity index (χ1) is 14.6. The van der Waals surface area contributed by atoms with Crippen molar-refractivity contribution in [3.8, 4) is 23.0 Å². The molecule has 0 fully saturated rings. The highest BCUT2D eigenvalue weighted by Gasteiger charge is 2.23. The molecule has 8 heteroatoms. The molecule has 3 rings (SSSR count). The minimum atomic E-state index is -0.0110. The molecule has 0 saturated heterocycles. The van der Waals surface area contributed by atoms with Gasteiger partial charge in [0.05, 0.1) is 36.4 Å². The van der Waals surface area contributed by atoms with Crippen LogP contribution in [-0.2, 0) is 11.3 Å². The van der Waals surface area contributed by atoms with Gasteiger partial charge in [0, 0.05) is 18.6 Å². The van der Waals surface area contributed by atoms with E-state index in [0.29, 0.717) is 44.4 Å². The van der Waals surface area contributed by atoms with E-state index in [0.717, 1.165) is 5.56 Å². The topological polar surface area (TPSA) is 78.7 Å². The van der Waals surface area contributed by atoms with Crippen LogP contribution in [0.4, 0.5) is 0 Å². The number of halogens is 1. The Kier molecular flexibility index (Phi) is 7.21. The molecular formula is C22H22ClNO6. The SMILES string of the molecule is COCOc1cc2c(OC)cc(Cl)c(OC)c2c(OCc2ccccc2)c1/C=N/O. The highest BCUT2D eigenvalue weighted by Crippen LogP contribution is 2.48. The molecule has 3 aromatic carbocycles. The molecule has 0 unspecified atom stereocenters. The summed E-state index contributed by atoms with van der Waals surface area (Å²) in [4.78, 5) is 0. The quantitative estimate of drug-likeness (QED) is 0.225. The van der Waals surface area contributed by atoms with Crippen LogP contribution < -0.4 is 18.9 Å². The summed E-state index contributed by atoms with van der Waals surface area (Å²) in [5.41, 5.74) is 1.36. The summed E-state index contributed by atoms with van der Waals surface area (Å²) in [6, 6.07) is 13.0. The van der Waals surface area contributed by atoms with Gasteiger partial charge in [0.25, 0.3) is 0 Å². The van der Waals surface area contributed by atoms with Gasteiger partial charge in [-0.2, -0.15) is 0 Å². The molecule has 0 bridgehead atoms. The number of hydrogen-bond donors (Lipinski definition) is 1. The van der Waals surface area contributed by atoms with Gasteiger partial charge in [-0.05, 0) is 11.6 Å². The van der Waals surface area contributed by atoms with E-state index in [2.05, 4.69) is 5.16 Å². The lowest BCUT2D eigenvalue weighted by molar-refractivity contribution is 0.0509. The van der Waals surface area contributed by atoms with E-state index in [-0.39, 0.29) is 13.4 Å². The predicted molar refractivity (Wildman–Crippen MR) is 115 cm³/mol. The lowest BCUT2D eigenvalue weighted by atomic mass is 10.0. The molecular weight excluding hydrogens is 410 g/mol. The largest absolute Gasteiger partial charge is 0.496 e. The Balaban J connectivity index is 2.30. The number of ether oxygens (including phenoxy) is 5. The summed E-state index contributed by atoms with van der Waals surface area (Å²) in [5.74, 6) is 1.67. The Morgan fingerprint density at radius 1 is 0.967 bits per heavy atom. The predicted octanol–water partition coefficient (Wildman–Crippen LogP) is 4.88. The summed E-state index contributed by atoms with van der Waals surface area (Å²) in [7, 11) is 4.57. The molecule has 3 aromatic rings. The van der Waals surface area contributed by atoms with Crippen LogP contribution in [0.2, 0.25) is 5.02 Å².